The molecule has 7 nitrogen and oxygen atoms in total. The quantitative estimate of drug-likeness (QED) is 0.428. The average molecular weight is 312 g/mol. The molecule has 0 radical (unpaired) electrons. The second-order valence-corrected chi connectivity index (χ2v) is 4.38. The zero-order valence-corrected chi connectivity index (χ0v) is 12.0. The molecule has 0 aliphatic rings. The summed E-state index contributed by atoms with van der Waals surface area (Å²) in [7, 11) is 0. The van der Waals surface area contributed by atoms with E-state index in [1.54, 1.807) is 30.6 Å². The van der Waals surface area contributed by atoms with Gasteiger partial charge in [0, 0.05) is 18.5 Å². The fourth-order valence-electron chi connectivity index (χ4n) is 1.62. The fraction of sp³-hybridized carbons (Fsp3) is 0.0667. The van der Waals surface area contributed by atoms with Crippen LogP contribution in [0.15, 0.2) is 47.8 Å². The molecule has 0 fully saturated rings. The maximum Gasteiger partial charge on any atom is 0.201 e. The Labute approximate surface area is 131 Å². The number of pyridine rings is 1. The molecule has 1 heterocycles. The summed E-state index contributed by atoms with van der Waals surface area (Å²) in [6.07, 6.45) is 3.28. The minimum atomic E-state index is -0.500. The first kappa shape index (κ1) is 15.9. The van der Waals surface area contributed by atoms with Crippen molar-refractivity contribution in [2.24, 2.45) is 10.8 Å². The Bertz CT molecular complexity index is 769. The summed E-state index contributed by atoms with van der Waals surface area (Å²) in [4.78, 5) is 3.91. The predicted molar refractivity (Wildman–Crippen MR) is 83.6 cm³/mol. The van der Waals surface area contributed by atoms with Gasteiger partial charge in [-0.2, -0.15) is 10.4 Å². The van der Waals surface area contributed by atoms with Crippen LogP contribution in [-0.2, 0) is 6.61 Å². The van der Waals surface area contributed by atoms with Gasteiger partial charge in [0.05, 0.1) is 0 Å². The first-order chi connectivity index (χ1) is 11.1. The topological polar surface area (TPSA) is 120 Å². The summed E-state index contributed by atoms with van der Waals surface area (Å²) in [6.45, 7) is 0.254. The van der Waals surface area contributed by atoms with Crippen molar-refractivity contribution >= 4 is 17.2 Å². The first-order valence-corrected chi connectivity index (χ1v) is 6.49. The Kier molecular flexibility index (Phi) is 5.20. The summed E-state index contributed by atoms with van der Waals surface area (Å²) in [6, 6.07) is 9.09. The maximum absolute atomic E-state index is 13.4. The fourth-order valence-corrected chi connectivity index (χ4v) is 1.62. The highest BCUT2D eigenvalue weighted by atomic mass is 19.1. The van der Waals surface area contributed by atoms with Gasteiger partial charge in [0.2, 0.25) is 5.71 Å². The van der Waals surface area contributed by atoms with E-state index in [1.165, 1.54) is 18.2 Å². The molecule has 0 saturated carbocycles. The summed E-state index contributed by atoms with van der Waals surface area (Å²) in [5, 5.41) is 19.6. The molecule has 0 unspecified atom stereocenters. The molecule has 4 N–H and O–H groups in total. The van der Waals surface area contributed by atoms with Crippen molar-refractivity contribution in [3.8, 4) is 11.8 Å². The van der Waals surface area contributed by atoms with E-state index in [2.05, 4.69) is 15.5 Å². The van der Waals surface area contributed by atoms with Crippen LogP contribution in [0.3, 0.4) is 0 Å². The van der Waals surface area contributed by atoms with E-state index < -0.39 is 11.7 Å². The third kappa shape index (κ3) is 4.50. The number of ether oxygens (including phenoxy) is 1. The van der Waals surface area contributed by atoms with Gasteiger partial charge < -0.3 is 10.5 Å². The number of hydrogen-bond acceptors (Lipinski definition) is 6. The van der Waals surface area contributed by atoms with Crippen LogP contribution in [0.2, 0.25) is 0 Å². The van der Waals surface area contributed by atoms with Crippen LogP contribution in [-0.4, -0.2) is 16.5 Å². The van der Waals surface area contributed by atoms with E-state index in [4.69, 9.17) is 21.1 Å². The van der Waals surface area contributed by atoms with Crippen LogP contribution in [0.1, 0.15) is 5.56 Å². The number of halogens is 1. The van der Waals surface area contributed by atoms with Crippen LogP contribution in [0, 0.1) is 22.6 Å². The van der Waals surface area contributed by atoms with Crippen molar-refractivity contribution in [1.82, 2.24) is 4.98 Å². The van der Waals surface area contributed by atoms with E-state index in [0.717, 1.165) is 5.56 Å². The second-order valence-electron chi connectivity index (χ2n) is 4.38. The Morgan fingerprint density at radius 2 is 2.13 bits per heavy atom. The third-order valence-electron chi connectivity index (χ3n) is 2.73. The number of anilines is 1. The minimum absolute atomic E-state index is 0.216. The molecule has 1 aromatic carbocycles. The zero-order chi connectivity index (χ0) is 16.7. The molecule has 0 aliphatic carbocycles. The van der Waals surface area contributed by atoms with Crippen LogP contribution in [0.5, 0.6) is 5.75 Å². The summed E-state index contributed by atoms with van der Waals surface area (Å²) < 4.78 is 19.0. The monoisotopic (exact) mass is 312 g/mol. The van der Waals surface area contributed by atoms with Gasteiger partial charge in [-0.1, -0.05) is 0 Å². The maximum atomic E-state index is 13.4. The summed E-state index contributed by atoms with van der Waals surface area (Å²) in [5.41, 5.74) is 8.48. The van der Waals surface area contributed by atoms with Gasteiger partial charge in [-0.15, -0.1) is 0 Å². The smallest absolute Gasteiger partial charge is 0.201 e. The standard InChI is InChI=1S/C15H13FN6O/c16-11-1-2-14(23-9-10-3-5-20-6-4-10)12(7-11)21-22-13(8-17)15(18)19/h1-7,21H,9H2,(H3,18,19)/b22-13+. The normalized spacial score (nSPS) is 10.7. The lowest BCUT2D eigenvalue weighted by Gasteiger charge is -2.11. The van der Waals surface area contributed by atoms with E-state index in [1.807, 2.05) is 0 Å². The molecular formula is C15H13FN6O. The van der Waals surface area contributed by atoms with Crippen molar-refractivity contribution in [3.63, 3.8) is 0 Å². The molecule has 8 heteroatoms. The van der Waals surface area contributed by atoms with Crippen LogP contribution in [0.4, 0.5) is 10.1 Å². The molecule has 0 aliphatic heterocycles. The molecule has 116 valence electrons. The van der Waals surface area contributed by atoms with Crippen LogP contribution in [0.25, 0.3) is 0 Å². The van der Waals surface area contributed by atoms with E-state index in [-0.39, 0.29) is 18.0 Å². The lowest BCUT2D eigenvalue weighted by molar-refractivity contribution is 0.307. The molecule has 0 spiro atoms. The van der Waals surface area contributed by atoms with Gasteiger partial charge >= 0.3 is 0 Å². The van der Waals surface area contributed by atoms with Crippen molar-refractivity contribution in [2.45, 2.75) is 6.61 Å². The number of amidine groups is 1. The van der Waals surface area contributed by atoms with Gasteiger partial charge in [0.15, 0.2) is 5.84 Å². The van der Waals surface area contributed by atoms with Crippen molar-refractivity contribution in [2.75, 3.05) is 5.43 Å². The number of nitrogens with zero attached hydrogens (tertiary/aromatic N) is 3. The highest BCUT2D eigenvalue weighted by molar-refractivity contribution is 6.45. The number of aromatic nitrogens is 1. The van der Waals surface area contributed by atoms with Gasteiger partial charge in [-0.05, 0) is 29.8 Å². The molecule has 2 aromatic rings. The number of benzene rings is 1. The van der Waals surface area contributed by atoms with E-state index in [9.17, 15) is 4.39 Å². The van der Waals surface area contributed by atoms with E-state index >= 15 is 0 Å². The molecule has 0 atom stereocenters. The second kappa shape index (κ2) is 7.51. The Morgan fingerprint density at radius 3 is 2.78 bits per heavy atom. The zero-order valence-electron chi connectivity index (χ0n) is 12.0. The molecular weight excluding hydrogens is 299 g/mol. The number of hydrazone groups is 1. The lowest BCUT2D eigenvalue weighted by atomic mass is 10.2. The highest BCUT2D eigenvalue weighted by Gasteiger charge is 2.07. The number of nitrogens with one attached hydrogen (secondary N) is 2. The first-order valence-electron chi connectivity index (χ1n) is 6.49. The van der Waals surface area contributed by atoms with Crippen molar-refractivity contribution in [1.29, 1.82) is 10.7 Å². The molecule has 23 heavy (non-hydrogen) atoms. The molecule has 0 saturated heterocycles. The molecule has 0 amide bonds. The van der Waals surface area contributed by atoms with Gasteiger partial charge in [-0.25, -0.2) is 4.39 Å². The Morgan fingerprint density at radius 1 is 1.39 bits per heavy atom. The Balaban J connectivity index is 2.17. The number of rotatable bonds is 6. The number of hydrogen-bond donors (Lipinski definition) is 3. The number of nitrogens with two attached hydrogens (primary N) is 1. The van der Waals surface area contributed by atoms with Gasteiger partial charge in [-0.3, -0.25) is 15.8 Å². The molecule has 1 aromatic heterocycles. The minimum Gasteiger partial charge on any atom is -0.487 e. The molecule has 0 bridgehead atoms. The SMILES string of the molecule is N#C/C(=N\Nc1cc(F)ccc1OCc1ccncc1)C(=N)N. The van der Waals surface area contributed by atoms with Gasteiger partial charge in [0.25, 0.3) is 0 Å². The Hall–Kier alpha value is -3.47. The summed E-state index contributed by atoms with van der Waals surface area (Å²) in [5.74, 6) is -0.649. The van der Waals surface area contributed by atoms with E-state index in [0.29, 0.717) is 5.75 Å². The van der Waals surface area contributed by atoms with Crippen molar-refractivity contribution in [3.05, 3.63) is 54.1 Å². The third-order valence-corrected chi connectivity index (χ3v) is 2.73. The lowest BCUT2D eigenvalue weighted by Crippen LogP contribution is -2.21. The number of nitriles is 1. The van der Waals surface area contributed by atoms with Crippen LogP contribution >= 0.6 is 0 Å². The largest absolute Gasteiger partial charge is 0.487 e. The van der Waals surface area contributed by atoms with Gasteiger partial charge in [0.1, 0.15) is 29.9 Å². The van der Waals surface area contributed by atoms with Crippen LogP contribution < -0.4 is 15.9 Å². The summed E-state index contributed by atoms with van der Waals surface area (Å²) >= 11 is 0. The molecule has 2 rings (SSSR count). The average Bonchev–Trinajstić information content (AvgIpc) is 2.55. The van der Waals surface area contributed by atoms with Crippen molar-refractivity contribution < 1.29 is 9.13 Å². The highest BCUT2D eigenvalue weighted by Crippen LogP contribution is 2.26. The predicted octanol–water partition coefficient (Wildman–Crippen LogP) is 2.03.